The van der Waals surface area contributed by atoms with Gasteiger partial charge in [0.25, 0.3) is 0 Å². The van der Waals surface area contributed by atoms with Crippen molar-refractivity contribution in [2.75, 3.05) is 4.90 Å². The van der Waals surface area contributed by atoms with Crippen LogP contribution in [0.25, 0.3) is 99.1 Å². The standard InChI is InChI=1S/C65H45NO/c1-65(2)60-26-9-7-19-54(60)56-23-12-22-52(62(56)65)47-34-39-49(40-35-47)66(48-37-32-43(33-38-48)42-28-30-46(31-29-42)51-21-11-16-44-14-3-5-17-50(44)51)61-27-10-8-20-55(61)57-24-13-25-58-59-41-36-45-15-4-6-18-53(45)63(59)67-64(57)58/h3-41H,1-2H3. The fraction of sp³-hybridized carbons (Fsp3) is 0.0462. The van der Waals surface area contributed by atoms with E-state index in [2.05, 4.69) is 255 Å². The number of rotatable bonds is 7. The molecule has 1 aliphatic carbocycles. The van der Waals surface area contributed by atoms with Crippen molar-refractivity contribution in [2.45, 2.75) is 19.3 Å². The Kier molecular flexibility index (Phi) is 8.91. The maximum atomic E-state index is 6.94. The Morgan fingerprint density at radius 2 is 0.791 bits per heavy atom. The molecule has 13 rings (SSSR count). The summed E-state index contributed by atoms with van der Waals surface area (Å²) in [5.41, 5.74) is 19.8. The van der Waals surface area contributed by atoms with E-state index in [0.29, 0.717) is 0 Å². The van der Waals surface area contributed by atoms with Gasteiger partial charge in [-0.25, -0.2) is 0 Å². The highest BCUT2D eigenvalue weighted by Crippen LogP contribution is 2.52. The molecule has 0 fully saturated rings. The quantitative estimate of drug-likeness (QED) is 0.159. The molecule has 1 aliphatic rings. The predicted molar refractivity (Wildman–Crippen MR) is 283 cm³/mol. The molecule has 0 unspecified atom stereocenters. The molecule has 0 spiro atoms. The highest BCUT2D eigenvalue weighted by Gasteiger charge is 2.37. The van der Waals surface area contributed by atoms with Crippen LogP contribution in [-0.4, -0.2) is 0 Å². The molecular weight excluding hydrogens is 811 g/mol. The van der Waals surface area contributed by atoms with Crippen LogP contribution in [0.2, 0.25) is 0 Å². The second-order valence-electron chi connectivity index (χ2n) is 18.4. The number of hydrogen-bond acceptors (Lipinski definition) is 2. The molecule has 67 heavy (non-hydrogen) atoms. The molecule has 1 heterocycles. The molecule has 0 saturated carbocycles. The number of fused-ring (bicyclic) bond motifs is 9. The van der Waals surface area contributed by atoms with Gasteiger partial charge in [0.2, 0.25) is 0 Å². The lowest BCUT2D eigenvalue weighted by molar-refractivity contribution is 0.662. The Balaban J connectivity index is 0.932. The molecule has 11 aromatic carbocycles. The van der Waals surface area contributed by atoms with E-state index in [0.717, 1.165) is 61.1 Å². The summed E-state index contributed by atoms with van der Waals surface area (Å²) in [6.07, 6.45) is 0. The van der Waals surface area contributed by atoms with Crippen LogP contribution in [0.5, 0.6) is 0 Å². The molecule has 316 valence electrons. The van der Waals surface area contributed by atoms with Gasteiger partial charge in [-0.3, -0.25) is 0 Å². The van der Waals surface area contributed by atoms with Crippen LogP contribution in [0.15, 0.2) is 241 Å². The van der Waals surface area contributed by atoms with Crippen LogP contribution >= 0.6 is 0 Å². The zero-order valence-corrected chi connectivity index (χ0v) is 37.4. The summed E-state index contributed by atoms with van der Waals surface area (Å²) in [6.45, 7) is 4.73. The average molecular weight is 856 g/mol. The first kappa shape index (κ1) is 39.0. The summed E-state index contributed by atoms with van der Waals surface area (Å²) < 4.78 is 6.94. The van der Waals surface area contributed by atoms with Gasteiger partial charge in [0.1, 0.15) is 11.2 Å². The van der Waals surface area contributed by atoms with Gasteiger partial charge >= 0.3 is 0 Å². The topological polar surface area (TPSA) is 16.4 Å². The lowest BCUT2D eigenvalue weighted by Crippen LogP contribution is -2.16. The number of furan rings is 1. The van der Waals surface area contributed by atoms with Gasteiger partial charge in [-0.05, 0) is 108 Å². The third kappa shape index (κ3) is 6.25. The van der Waals surface area contributed by atoms with Gasteiger partial charge < -0.3 is 9.32 Å². The molecule has 0 amide bonds. The normalized spacial score (nSPS) is 12.7. The fourth-order valence-electron chi connectivity index (χ4n) is 11.1. The molecule has 12 aromatic rings. The largest absolute Gasteiger partial charge is 0.455 e. The van der Waals surface area contributed by atoms with E-state index in [4.69, 9.17) is 4.42 Å². The zero-order chi connectivity index (χ0) is 44.6. The number of para-hydroxylation sites is 2. The van der Waals surface area contributed by atoms with E-state index in [9.17, 15) is 0 Å². The van der Waals surface area contributed by atoms with E-state index >= 15 is 0 Å². The van der Waals surface area contributed by atoms with E-state index in [1.807, 2.05) is 0 Å². The minimum atomic E-state index is -0.117. The van der Waals surface area contributed by atoms with Crippen molar-refractivity contribution >= 4 is 60.5 Å². The monoisotopic (exact) mass is 855 g/mol. The third-order valence-electron chi connectivity index (χ3n) is 14.3. The van der Waals surface area contributed by atoms with Crippen molar-refractivity contribution < 1.29 is 4.42 Å². The zero-order valence-electron chi connectivity index (χ0n) is 37.4. The second kappa shape index (κ2) is 15.3. The maximum absolute atomic E-state index is 6.94. The van der Waals surface area contributed by atoms with E-state index in [1.54, 1.807) is 0 Å². The molecule has 0 bridgehead atoms. The Bertz CT molecular complexity index is 3870. The minimum Gasteiger partial charge on any atom is -0.455 e. The molecule has 0 radical (unpaired) electrons. The van der Waals surface area contributed by atoms with Gasteiger partial charge in [0.15, 0.2) is 0 Å². The van der Waals surface area contributed by atoms with Crippen molar-refractivity contribution in [1.29, 1.82) is 0 Å². The number of nitrogens with zero attached hydrogens (tertiary/aromatic N) is 1. The molecule has 2 heteroatoms. The highest BCUT2D eigenvalue weighted by atomic mass is 16.3. The summed E-state index contributed by atoms with van der Waals surface area (Å²) in [5.74, 6) is 0. The summed E-state index contributed by atoms with van der Waals surface area (Å²) in [7, 11) is 0. The van der Waals surface area contributed by atoms with E-state index in [1.165, 1.54) is 66.2 Å². The Labute approximate surface area is 390 Å². The molecule has 0 N–H and O–H groups in total. The van der Waals surface area contributed by atoms with E-state index < -0.39 is 0 Å². The van der Waals surface area contributed by atoms with Crippen LogP contribution in [0.4, 0.5) is 17.1 Å². The minimum absolute atomic E-state index is 0.117. The number of benzene rings is 11. The Hall–Kier alpha value is -8.46. The van der Waals surface area contributed by atoms with Crippen LogP contribution in [-0.2, 0) is 5.41 Å². The van der Waals surface area contributed by atoms with Crippen LogP contribution in [0.1, 0.15) is 25.0 Å². The van der Waals surface area contributed by atoms with Crippen LogP contribution in [0.3, 0.4) is 0 Å². The molecule has 0 atom stereocenters. The molecule has 0 saturated heterocycles. The number of hydrogen-bond donors (Lipinski definition) is 0. The van der Waals surface area contributed by atoms with Crippen molar-refractivity contribution in [3.63, 3.8) is 0 Å². The van der Waals surface area contributed by atoms with Gasteiger partial charge in [0, 0.05) is 44.1 Å². The first-order valence-electron chi connectivity index (χ1n) is 23.2. The van der Waals surface area contributed by atoms with Crippen molar-refractivity contribution in [3.05, 3.63) is 248 Å². The van der Waals surface area contributed by atoms with E-state index in [-0.39, 0.29) is 5.41 Å². The lowest BCUT2D eigenvalue weighted by atomic mass is 9.79. The third-order valence-corrected chi connectivity index (χ3v) is 14.3. The molecular formula is C65H45NO. The molecule has 2 nitrogen and oxygen atoms in total. The van der Waals surface area contributed by atoms with Gasteiger partial charge in [-0.1, -0.05) is 214 Å². The second-order valence-corrected chi connectivity index (χ2v) is 18.4. The molecule has 1 aromatic heterocycles. The Morgan fingerprint density at radius 3 is 1.57 bits per heavy atom. The predicted octanol–water partition coefficient (Wildman–Crippen LogP) is 18.3. The summed E-state index contributed by atoms with van der Waals surface area (Å²) >= 11 is 0. The highest BCUT2D eigenvalue weighted by molar-refractivity contribution is 6.17. The first-order valence-corrected chi connectivity index (χ1v) is 23.2. The van der Waals surface area contributed by atoms with Gasteiger partial charge in [-0.2, -0.15) is 0 Å². The average Bonchev–Trinajstić information content (AvgIpc) is 3.89. The SMILES string of the molecule is CC1(C)c2ccccc2-c2cccc(-c3ccc(N(c4ccc(-c5ccc(-c6cccc7ccccc67)cc5)cc4)c4ccccc4-c4cccc5c4oc4c6ccccc6ccc54)cc3)c21. The van der Waals surface area contributed by atoms with Gasteiger partial charge in [-0.15, -0.1) is 0 Å². The first-order chi connectivity index (χ1) is 33.0. The summed E-state index contributed by atoms with van der Waals surface area (Å²) in [4.78, 5) is 2.40. The molecule has 0 aliphatic heterocycles. The lowest BCUT2D eigenvalue weighted by Gasteiger charge is -2.28. The number of anilines is 3. The smallest absolute Gasteiger partial charge is 0.143 e. The van der Waals surface area contributed by atoms with Crippen molar-refractivity contribution in [2.24, 2.45) is 0 Å². The van der Waals surface area contributed by atoms with Crippen molar-refractivity contribution in [3.8, 4) is 55.6 Å². The van der Waals surface area contributed by atoms with Crippen LogP contribution < -0.4 is 4.90 Å². The maximum Gasteiger partial charge on any atom is 0.143 e. The van der Waals surface area contributed by atoms with Crippen molar-refractivity contribution in [1.82, 2.24) is 0 Å². The summed E-state index contributed by atoms with van der Waals surface area (Å²) in [5, 5.41) is 7.05. The Morgan fingerprint density at radius 1 is 0.313 bits per heavy atom. The van der Waals surface area contributed by atoms with Gasteiger partial charge in [0.05, 0.1) is 5.69 Å². The summed E-state index contributed by atoms with van der Waals surface area (Å²) in [6, 6.07) is 86.2. The fourth-order valence-corrected chi connectivity index (χ4v) is 11.1. The van der Waals surface area contributed by atoms with Crippen LogP contribution in [0, 0.1) is 0 Å².